The molecule has 0 bridgehead atoms. The van der Waals surface area contributed by atoms with E-state index in [0.717, 1.165) is 0 Å². The van der Waals surface area contributed by atoms with Gasteiger partial charge in [-0.3, -0.25) is 0 Å². The van der Waals surface area contributed by atoms with Gasteiger partial charge in [-0.1, -0.05) is 17.1 Å². The van der Waals surface area contributed by atoms with E-state index in [0.29, 0.717) is 0 Å². The third kappa shape index (κ3) is 8.14. The lowest BCUT2D eigenvalue weighted by molar-refractivity contribution is 0.388. The van der Waals surface area contributed by atoms with Crippen LogP contribution < -0.4 is 0 Å². The molecule has 0 atom stereocenters. The summed E-state index contributed by atoms with van der Waals surface area (Å²) in [6.45, 7) is 24.0. The molecular weight excluding hydrogens is 307 g/mol. The van der Waals surface area contributed by atoms with E-state index in [4.69, 9.17) is 12.6 Å². The van der Waals surface area contributed by atoms with Crippen LogP contribution in [0.3, 0.4) is 0 Å². The predicted molar refractivity (Wildman–Crippen MR) is 93.2 cm³/mol. The third-order valence-corrected chi connectivity index (χ3v) is 12.8. The van der Waals surface area contributed by atoms with Gasteiger partial charge in [0.15, 0.2) is 0 Å². The minimum atomic E-state index is -1.95. The lowest BCUT2D eigenvalue weighted by Gasteiger charge is -2.33. The van der Waals surface area contributed by atoms with Gasteiger partial charge in [0.05, 0.1) is 0 Å². The lowest BCUT2D eigenvalue weighted by Crippen LogP contribution is -2.34. The highest BCUT2D eigenvalue weighted by atomic mass is 31.2. The van der Waals surface area contributed by atoms with Gasteiger partial charge in [-0.05, 0) is 39.3 Å². The summed E-state index contributed by atoms with van der Waals surface area (Å²) >= 11 is 0. The fraction of sp³-hybridized carbons (Fsp3) is 0.500. The molecule has 0 aliphatic heterocycles. The Kier molecular flexibility index (Phi) is 7.33. The molecule has 0 aromatic heterocycles. The summed E-state index contributed by atoms with van der Waals surface area (Å²) in [6, 6.07) is 0. The molecule has 0 fully saturated rings. The average molecular weight is 335 g/mol. The molecule has 0 amide bonds. The molecule has 3 nitrogen and oxygen atoms in total. The molecule has 0 aliphatic rings. The predicted octanol–water partition coefficient (Wildman–Crippen LogP) is 5.05. The Morgan fingerprint density at radius 2 is 0.842 bits per heavy atom. The molecule has 0 aliphatic carbocycles. The zero-order chi connectivity index (χ0) is 15.3. The fourth-order valence-corrected chi connectivity index (χ4v) is 7.70. The van der Waals surface area contributed by atoms with Crippen LogP contribution in [0.25, 0.3) is 0 Å². The van der Waals surface area contributed by atoms with Crippen molar-refractivity contribution < 1.29 is 12.6 Å². The SMILES string of the molecule is C=C[Si](C)(C)OP(O[Si](C)(C)C=C)O[Si](C)(C)C=C. The van der Waals surface area contributed by atoms with Crippen LogP contribution in [-0.2, 0) is 12.6 Å². The highest BCUT2D eigenvalue weighted by Crippen LogP contribution is 2.48. The van der Waals surface area contributed by atoms with Crippen molar-refractivity contribution in [3.63, 3.8) is 0 Å². The van der Waals surface area contributed by atoms with Gasteiger partial charge in [-0.15, -0.1) is 19.7 Å². The normalized spacial score (nSPS) is 13.4. The molecule has 0 heterocycles. The summed E-state index contributed by atoms with van der Waals surface area (Å²) in [7, 11) is -7.21. The summed E-state index contributed by atoms with van der Waals surface area (Å²) in [5.41, 5.74) is 5.67. The molecule has 0 spiro atoms. The van der Waals surface area contributed by atoms with Crippen molar-refractivity contribution in [3.8, 4) is 0 Å². The van der Waals surface area contributed by atoms with Gasteiger partial charge in [-0.2, -0.15) is 0 Å². The quantitative estimate of drug-likeness (QED) is 0.436. The van der Waals surface area contributed by atoms with Crippen LogP contribution in [0.4, 0.5) is 0 Å². The Hall–Kier alpha value is 0.181. The van der Waals surface area contributed by atoms with Crippen molar-refractivity contribution in [1.29, 1.82) is 0 Å². The van der Waals surface area contributed by atoms with E-state index in [1.54, 1.807) is 0 Å². The standard InChI is InChI=1S/C12H27O3PSi3/c1-10-17(4,5)13-16(14-18(6,7)11-2)15-19(8,9)12-3/h10-12H,1-3H2,4-9H3. The summed E-state index contributed by atoms with van der Waals surface area (Å²) in [6.07, 6.45) is 0. The highest BCUT2D eigenvalue weighted by Gasteiger charge is 2.35. The van der Waals surface area contributed by atoms with Crippen molar-refractivity contribution >= 4 is 33.6 Å². The first kappa shape index (κ1) is 19.2. The maximum absolute atomic E-state index is 6.08. The molecule has 7 heteroatoms. The maximum atomic E-state index is 6.08. The Bertz CT molecular complexity index is 291. The highest BCUT2D eigenvalue weighted by molar-refractivity contribution is 7.48. The van der Waals surface area contributed by atoms with Crippen LogP contribution >= 0.6 is 8.60 Å². The second kappa shape index (κ2) is 7.26. The van der Waals surface area contributed by atoms with Gasteiger partial charge in [0.2, 0.25) is 25.0 Å². The second-order valence-corrected chi connectivity index (χ2v) is 19.4. The largest absolute Gasteiger partial charge is 0.351 e. The topological polar surface area (TPSA) is 27.7 Å². The molecule has 0 rings (SSSR count). The van der Waals surface area contributed by atoms with Gasteiger partial charge in [0.25, 0.3) is 0 Å². The monoisotopic (exact) mass is 334 g/mol. The Balaban J connectivity index is 4.99. The first-order valence-corrected chi connectivity index (χ1v) is 16.3. The van der Waals surface area contributed by atoms with Gasteiger partial charge in [0, 0.05) is 0 Å². The number of hydrogen-bond donors (Lipinski definition) is 0. The van der Waals surface area contributed by atoms with E-state index in [2.05, 4.69) is 59.0 Å². The molecule has 110 valence electrons. The van der Waals surface area contributed by atoms with Crippen molar-refractivity contribution in [2.24, 2.45) is 0 Å². The van der Waals surface area contributed by atoms with Gasteiger partial charge >= 0.3 is 8.60 Å². The van der Waals surface area contributed by atoms with Gasteiger partial charge in [0.1, 0.15) is 0 Å². The zero-order valence-corrected chi connectivity index (χ0v) is 16.9. The molecule has 0 aromatic rings. The minimum absolute atomic E-state index is 1.37. The van der Waals surface area contributed by atoms with Crippen LogP contribution in [0.2, 0.25) is 39.3 Å². The number of rotatable bonds is 9. The number of hydrogen-bond acceptors (Lipinski definition) is 3. The van der Waals surface area contributed by atoms with Crippen molar-refractivity contribution in [1.82, 2.24) is 0 Å². The van der Waals surface area contributed by atoms with E-state index < -0.39 is 33.6 Å². The first-order valence-electron chi connectivity index (χ1n) is 6.25. The molecule has 0 aromatic carbocycles. The van der Waals surface area contributed by atoms with Crippen molar-refractivity contribution in [2.45, 2.75) is 39.3 Å². The van der Waals surface area contributed by atoms with Crippen molar-refractivity contribution in [3.05, 3.63) is 36.8 Å². The molecule has 19 heavy (non-hydrogen) atoms. The van der Waals surface area contributed by atoms with E-state index in [9.17, 15) is 0 Å². The van der Waals surface area contributed by atoms with Gasteiger partial charge < -0.3 is 12.6 Å². The molecule has 0 unspecified atom stereocenters. The zero-order valence-electron chi connectivity index (χ0n) is 13.0. The van der Waals surface area contributed by atoms with Crippen molar-refractivity contribution in [2.75, 3.05) is 0 Å². The van der Waals surface area contributed by atoms with E-state index >= 15 is 0 Å². The van der Waals surface area contributed by atoms with Crippen LogP contribution in [0.1, 0.15) is 0 Å². The average Bonchev–Trinajstić information content (AvgIpc) is 2.27. The summed E-state index contributed by atoms with van der Waals surface area (Å²) < 4.78 is 18.2. The Labute approximate surface area is 122 Å². The molecule has 0 saturated heterocycles. The molecule has 0 saturated carbocycles. The van der Waals surface area contributed by atoms with E-state index in [1.165, 1.54) is 0 Å². The van der Waals surface area contributed by atoms with Crippen LogP contribution in [0.5, 0.6) is 0 Å². The second-order valence-electron chi connectivity index (χ2n) is 5.92. The summed E-state index contributed by atoms with van der Waals surface area (Å²) in [5.74, 6) is 0. The fourth-order valence-electron chi connectivity index (χ4n) is 0.744. The van der Waals surface area contributed by atoms with E-state index in [-0.39, 0.29) is 0 Å². The maximum Gasteiger partial charge on any atom is 0.301 e. The van der Waals surface area contributed by atoms with Crippen LogP contribution in [0, 0.1) is 0 Å². The van der Waals surface area contributed by atoms with Gasteiger partial charge in [-0.25, -0.2) is 0 Å². The Morgan fingerprint density at radius 3 is 1.00 bits per heavy atom. The minimum Gasteiger partial charge on any atom is -0.351 e. The lowest BCUT2D eigenvalue weighted by atomic mass is 11.3. The van der Waals surface area contributed by atoms with Crippen LogP contribution in [-0.4, -0.2) is 25.0 Å². The summed E-state index contributed by atoms with van der Waals surface area (Å²) in [4.78, 5) is 0. The van der Waals surface area contributed by atoms with Crippen LogP contribution in [0.15, 0.2) is 36.8 Å². The summed E-state index contributed by atoms with van der Waals surface area (Å²) in [5, 5.41) is 0. The first-order chi connectivity index (χ1) is 8.47. The third-order valence-electron chi connectivity index (χ3n) is 2.40. The van der Waals surface area contributed by atoms with E-state index in [1.807, 2.05) is 17.1 Å². The smallest absolute Gasteiger partial charge is 0.301 e. The molecular formula is C12H27O3PSi3. The Morgan fingerprint density at radius 1 is 0.632 bits per heavy atom. The molecule has 0 N–H and O–H groups in total. The molecule has 0 radical (unpaired) electrons.